The van der Waals surface area contributed by atoms with Gasteiger partial charge in [0, 0.05) is 13.0 Å². The minimum Gasteiger partial charge on any atom is -0.387 e. The molecule has 298 valence electrons. The topological polar surface area (TPSA) is 131 Å². The van der Waals surface area contributed by atoms with Gasteiger partial charge in [-0.3, -0.25) is 13.8 Å². The van der Waals surface area contributed by atoms with Crippen molar-refractivity contribution in [2.24, 2.45) is 5.73 Å². The molecule has 0 heterocycles. The third kappa shape index (κ3) is 36.6. The molecule has 0 saturated carbocycles. The van der Waals surface area contributed by atoms with Crippen LogP contribution in [0.4, 0.5) is 0 Å². The van der Waals surface area contributed by atoms with Crippen LogP contribution in [0.15, 0.2) is 48.6 Å². The predicted molar refractivity (Wildman–Crippen MR) is 217 cm³/mol. The first-order chi connectivity index (χ1) is 24.9. The van der Waals surface area contributed by atoms with E-state index in [1.165, 1.54) is 96.3 Å². The van der Waals surface area contributed by atoms with E-state index in [4.69, 9.17) is 14.8 Å². The number of amides is 1. The molecule has 0 saturated heterocycles. The Bertz CT molecular complexity index is 938. The van der Waals surface area contributed by atoms with E-state index in [9.17, 15) is 19.4 Å². The van der Waals surface area contributed by atoms with E-state index in [1.54, 1.807) is 6.08 Å². The van der Waals surface area contributed by atoms with Gasteiger partial charge in [-0.15, -0.1) is 0 Å². The summed E-state index contributed by atoms with van der Waals surface area (Å²) in [6.45, 7) is 4.07. The Morgan fingerprint density at radius 1 is 0.627 bits per heavy atom. The van der Waals surface area contributed by atoms with Crippen molar-refractivity contribution in [2.45, 2.75) is 193 Å². The number of phosphoric ester groups is 1. The molecule has 3 unspecified atom stereocenters. The van der Waals surface area contributed by atoms with Crippen LogP contribution in [-0.4, -0.2) is 47.8 Å². The Hall–Kier alpha value is -1.54. The van der Waals surface area contributed by atoms with Crippen molar-refractivity contribution in [3.05, 3.63) is 48.6 Å². The highest BCUT2D eigenvalue weighted by Gasteiger charge is 2.26. The van der Waals surface area contributed by atoms with E-state index in [1.807, 2.05) is 6.08 Å². The van der Waals surface area contributed by atoms with Crippen molar-refractivity contribution >= 4 is 13.7 Å². The lowest BCUT2D eigenvalue weighted by Crippen LogP contribution is -2.45. The van der Waals surface area contributed by atoms with E-state index >= 15 is 0 Å². The number of carbonyl (C=O) groups excluding carboxylic acids is 1. The maximum Gasteiger partial charge on any atom is 0.472 e. The standard InChI is InChI=1S/C42H79N2O6P/c1-3-5-7-9-11-13-15-17-19-20-22-23-25-27-29-31-33-35-41(45)40(39-50-51(47,48)49-38-37-43)44-42(46)36-34-32-30-28-26-24-21-18-16-14-12-10-8-6-4-2/h18-21,25,27,33,35,40-41,45H,3-17,22-24,26,28-32,34,36-39,43H2,1-2H3,(H,44,46)(H,47,48)/b20-19+,21-18-,27-25+,35-33+. The van der Waals surface area contributed by atoms with Gasteiger partial charge >= 0.3 is 7.82 Å². The van der Waals surface area contributed by atoms with Crippen LogP contribution >= 0.6 is 7.82 Å². The van der Waals surface area contributed by atoms with Crippen LogP contribution in [-0.2, 0) is 18.4 Å². The van der Waals surface area contributed by atoms with E-state index in [0.717, 1.165) is 64.2 Å². The number of hydrogen-bond donors (Lipinski definition) is 4. The number of aliphatic hydroxyl groups is 1. The van der Waals surface area contributed by atoms with Gasteiger partial charge in [-0.2, -0.15) is 0 Å². The molecule has 0 aliphatic heterocycles. The van der Waals surface area contributed by atoms with Crippen molar-refractivity contribution < 1.29 is 28.4 Å². The second kappa shape index (κ2) is 38.2. The summed E-state index contributed by atoms with van der Waals surface area (Å²) in [6.07, 6.45) is 45.8. The molecule has 1 amide bonds. The van der Waals surface area contributed by atoms with Crippen LogP contribution in [0.2, 0.25) is 0 Å². The van der Waals surface area contributed by atoms with Crippen LogP contribution in [0.3, 0.4) is 0 Å². The minimum atomic E-state index is -4.35. The van der Waals surface area contributed by atoms with Gasteiger partial charge in [0.25, 0.3) is 0 Å². The summed E-state index contributed by atoms with van der Waals surface area (Å²) in [6, 6.07) is -0.887. The number of rotatable bonds is 38. The normalized spacial score (nSPS) is 14.7. The lowest BCUT2D eigenvalue weighted by Gasteiger charge is -2.23. The maximum absolute atomic E-state index is 12.7. The summed E-state index contributed by atoms with van der Waals surface area (Å²) in [7, 11) is -4.35. The Morgan fingerprint density at radius 2 is 1.04 bits per heavy atom. The highest BCUT2D eigenvalue weighted by molar-refractivity contribution is 7.47. The third-order valence-corrected chi connectivity index (χ3v) is 9.84. The number of unbranched alkanes of at least 4 members (excludes halogenated alkanes) is 20. The zero-order valence-corrected chi connectivity index (χ0v) is 33.7. The number of nitrogens with one attached hydrogen (secondary N) is 1. The average Bonchev–Trinajstić information content (AvgIpc) is 3.12. The highest BCUT2D eigenvalue weighted by Crippen LogP contribution is 2.43. The Kier molecular flexibility index (Phi) is 37.0. The fraction of sp³-hybridized carbons (Fsp3) is 0.786. The fourth-order valence-corrected chi connectivity index (χ4v) is 6.45. The summed E-state index contributed by atoms with van der Waals surface area (Å²) in [4.78, 5) is 22.6. The van der Waals surface area contributed by atoms with Crippen molar-refractivity contribution in [2.75, 3.05) is 19.8 Å². The molecule has 0 rings (SSSR count). The van der Waals surface area contributed by atoms with Gasteiger partial charge in [0.2, 0.25) is 5.91 Å². The number of nitrogens with two attached hydrogens (primary N) is 1. The molecule has 0 radical (unpaired) electrons. The quantitative estimate of drug-likeness (QED) is 0.0282. The van der Waals surface area contributed by atoms with Crippen LogP contribution < -0.4 is 11.1 Å². The molecule has 9 heteroatoms. The Balaban J connectivity index is 4.36. The Labute approximate surface area is 313 Å². The lowest BCUT2D eigenvalue weighted by atomic mass is 10.1. The van der Waals surface area contributed by atoms with Gasteiger partial charge in [0.15, 0.2) is 0 Å². The van der Waals surface area contributed by atoms with Crippen molar-refractivity contribution in [1.82, 2.24) is 5.32 Å². The van der Waals surface area contributed by atoms with Crippen LogP contribution in [0.5, 0.6) is 0 Å². The first-order valence-corrected chi connectivity index (χ1v) is 22.3. The van der Waals surface area contributed by atoms with Crippen molar-refractivity contribution in [3.63, 3.8) is 0 Å². The van der Waals surface area contributed by atoms with E-state index in [2.05, 4.69) is 55.6 Å². The van der Waals surface area contributed by atoms with E-state index < -0.39 is 20.0 Å². The van der Waals surface area contributed by atoms with Gasteiger partial charge in [-0.1, -0.05) is 152 Å². The van der Waals surface area contributed by atoms with Crippen molar-refractivity contribution in [3.8, 4) is 0 Å². The maximum atomic E-state index is 12.7. The van der Waals surface area contributed by atoms with Gasteiger partial charge in [0.1, 0.15) is 0 Å². The molecule has 0 aliphatic carbocycles. The molecule has 0 bridgehead atoms. The zero-order valence-electron chi connectivity index (χ0n) is 32.8. The van der Waals surface area contributed by atoms with Gasteiger partial charge in [-0.25, -0.2) is 4.57 Å². The summed E-state index contributed by atoms with van der Waals surface area (Å²) in [5.74, 6) is -0.219. The first-order valence-electron chi connectivity index (χ1n) is 20.8. The molecule has 0 aromatic carbocycles. The number of hydrogen-bond acceptors (Lipinski definition) is 6. The van der Waals surface area contributed by atoms with E-state index in [-0.39, 0.29) is 25.7 Å². The first kappa shape index (κ1) is 49.5. The molecular weight excluding hydrogens is 659 g/mol. The molecule has 51 heavy (non-hydrogen) atoms. The number of carbonyl (C=O) groups is 1. The van der Waals surface area contributed by atoms with E-state index in [0.29, 0.717) is 6.42 Å². The molecule has 0 fully saturated rings. The molecule has 0 spiro atoms. The highest BCUT2D eigenvalue weighted by atomic mass is 31.2. The molecule has 0 aromatic rings. The summed E-state index contributed by atoms with van der Waals surface area (Å²) in [5, 5.41) is 13.6. The molecule has 8 nitrogen and oxygen atoms in total. The number of aliphatic hydroxyl groups excluding tert-OH is 1. The predicted octanol–water partition coefficient (Wildman–Crippen LogP) is 11.3. The van der Waals surface area contributed by atoms with Gasteiger partial charge in [-0.05, 0) is 70.6 Å². The largest absolute Gasteiger partial charge is 0.472 e. The third-order valence-electron chi connectivity index (χ3n) is 8.85. The smallest absolute Gasteiger partial charge is 0.387 e. The van der Waals surface area contributed by atoms with Crippen LogP contribution in [0.25, 0.3) is 0 Å². The average molecular weight is 739 g/mol. The van der Waals surface area contributed by atoms with Gasteiger partial charge < -0.3 is 21.1 Å². The number of phosphoric acid groups is 1. The lowest BCUT2D eigenvalue weighted by molar-refractivity contribution is -0.123. The molecule has 0 aromatic heterocycles. The zero-order chi connectivity index (χ0) is 37.5. The minimum absolute atomic E-state index is 0.0693. The molecule has 3 atom stereocenters. The second-order valence-corrected chi connectivity index (χ2v) is 15.3. The summed E-state index contributed by atoms with van der Waals surface area (Å²) >= 11 is 0. The molecule has 0 aliphatic rings. The molecular formula is C42H79N2O6P. The second-order valence-electron chi connectivity index (χ2n) is 13.8. The van der Waals surface area contributed by atoms with Gasteiger partial charge in [0.05, 0.1) is 25.4 Å². The van der Waals surface area contributed by atoms with Crippen LogP contribution in [0.1, 0.15) is 181 Å². The monoisotopic (exact) mass is 739 g/mol. The SMILES string of the molecule is CCCCCCCC/C=C\CCCCCCCC(=O)NC(COP(=O)(O)OCCN)C(O)/C=C/CC/C=C/CC/C=C/CCCCCCCCC. The van der Waals surface area contributed by atoms with Crippen molar-refractivity contribution in [1.29, 1.82) is 0 Å². The Morgan fingerprint density at radius 3 is 1.51 bits per heavy atom. The fourth-order valence-electron chi connectivity index (χ4n) is 5.69. The molecule has 5 N–H and O–H groups in total. The van der Waals surface area contributed by atoms with Crippen LogP contribution in [0, 0.1) is 0 Å². The summed E-state index contributed by atoms with van der Waals surface area (Å²) in [5.41, 5.74) is 5.36. The summed E-state index contributed by atoms with van der Waals surface area (Å²) < 4.78 is 22.1. The number of allylic oxidation sites excluding steroid dienone is 7.